The van der Waals surface area contributed by atoms with Gasteiger partial charge in [-0.3, -0.25) is 4.79 Å². The van der Waals surface area contributed by atoms with Crippen LogP contribution in [0.25, 0.3) is 0 Å². The van der Waals surface area contributed by atoms with Crippen LogP contribution in [-0.2, 0) is 9.53 Å². The molecule has 0 bridgehead atoms. The molecular formula is C15H28O3. The van der Waals surface area contributed by atoms with Crippen LogP contribution in [0.1, 0.15) is 65.2 Å². The molecule has 106 valence electrons. The minimum atomic E-state index is -0.625. The lowest BCUT2D eigenvalue weighted by Gasteiger charge is -2.38. The van der Waals surface area contributed by atoms with Crippen molar-refractivity contribution < 1.29 is 14.6 Å². The third-order valence-electron chi connectivity index (χ3n) is 4.56. The first-order chi connectivity index (χ1) is 8.54. The molecule has 0 heterocycles. The fourth-order valence-electron chi connectivity index (χ4n) is 3.15. The highest BCUT2D eigenvalue weighted by atomic mass is 16.5. The summed E-state index contributed by atoms with van der Waals surface area (Å²) in [4.78, 5) is 11.6. The van der Waals surface area contributed by atoms with Gasteiger partial charge in [-0.25, -0.2) is 0 Å². The van der Waals surface area contributed by atoms with Gasteiger partial charge in [-0.05, 0) is 44.9 Å². The molecule has 3 nitrogen and oxygen atoms in total. The second-order valence-electron chi connectivity index (χ2n) is 5.92. The fourth-order valence-corrected chi connectivity index (χ4v) is 3.15. The van der Waals surface area contributed by atoms with Crippen LogP contribution >= 0.6 is 0 Å². The van der Waals surface area contributed by atoms with Gasteiger partial charge in [0.1, 0.15) is 0 Å². The molecular weight excluding hydrogens is 228 g/mol. The molecule has 1 aliphatic rings. The van der Waals surface area contributed by atoms with E-state index < -0.39 is 11.4 Å². The Labute approximate surface area is 111 Å². The summed E-state index contributed by atoms with van der Waals surface area (Å²) >= 11 is 0. The summed E-state index contributed by atoms with van der Waals surface area (Å²) in [7, 11) is 1.66. The molecule has 1 fully saturated rings. The van der Waals surface area contributed by atoms with E-state index in [4.69, 9.17) is 4.74 Å². The summed E-state index contributed by atoms with van der Waals surface area (Å²) < 4.78 is 5.26. The molecule has 3 heteroatoms. The van der Waals surface area contributed by atoms with Gasteiger partial charge in [0, 0.05) is 7.11 Å². The highest BCUT2D eigenvalue weighted by Crippen LogP contribution is 2.44. The molecule has 0 aromatic rings. The zero-order valence-electron chi connectivity index (χ0n) is 12.1. The smallest absolute Gasteiger partial charge is 0.309 e. The highest BCUT2D eigenvalue weighted by molar-refractivity contribution is 5.74. The van der Waals surface area contributed by atoms with Gasteiger partial charge in [-0.1, -0.05) is 26.2 Å². The summed E-state index contributed by atoms with van der Waals surface area (Å²) in [5, 5.41) is 9.54. The Morgan fingerprint density at radius 3 is 2.50 bits per heavy atom. The first kappa shape index (κ1) is 15.5. The van der Waals surface area contributed by atoms with Gasteiger partial charge in [0.25, 0.3) is 0 Å². The number of hydrogen-bond acceptors (Lipinski definition) is 2. The number of aliphatic carboxylic acids is 1. The topological polar surface area (TPSA) is 46.5 Å². The zero-order valence-corrected chi connectivity index (χ0v) is 12.1. The van der Waals surface area contributed by atoms with Crippen molar-refractivity contribution in [3.05, 3.63) is 0 Å². The molecule has 0 aliphatic heterocycles. The van der Waals surface area contributed by atoms with E-state index in [-0.39, 0.29) is 6.10 Å². The van der Waals surface area contributed by atoms with Crippen LogP contribution in [-0.4, -0.2) is 24.3 Å². The van der Waals surface area contributed by atoms with Crippen molar-refractivity contribution >= 4 is 5.97 Å². The normalized spacial score (nSPS) is 30.1. The average molecular weight is 256 g/mol. The lowest BCUT2D eigenvalue weighted by Crippen LogP contribution is -2.38. The molecule has 0 aromatic heterocycles. The Balaban J connectivity index is 2.54. The first-order valence-corrected chi connectivity index (χ1v) is 7.30. The molecule has 18 heavy (non-hydrogen) atoms. The fraction of sp³-hybridized carbons (Fsp3) is 0.933. The van der Waals surface area contributed by atoms with Crippen LogP contribution in [0.3, 0.4) is 0 Å². The van der Waals surface area contributed by atoms with E-state index in [2.05, 4.69) is 6.92 Å². The summed E-state index contributed by atoms with van der Waals surface area (Å²) in [5.74, 6) is 0.121. The number of hydrogen-bond donors (Lipinski definition) is 1. The Kier molecular flexibility index (Phi) is 6.13. The van der Waals surface area contributed by atoms with E-state index in [0.29, 0.717) is 6.42 Å². The number of ether oxygens (including phenoxy) is 1. The van der Waals surface area contributed by atoms with E-state index >= 15 is 0 Å². The predicted octanol–water partition coefficient (Wildman–Crippen LogP) is 3.86. The van der Waals surface area contributed by atoms with E-state index in [9.17, 15) is 9.90 Å². The number of carboxylic acids is 1. The molecule has 1 N–H and O–H groups in total. The quantitative estimate of drug-likeness (QED) is 0.752. The summed E-state index contributed by atoms with van der Waals surface area (Å²) in [5.41, 5.74) is -0.530. The molecule has 1 atom stereocenters. The second-order valence-corrected chi connectivity index (χ2v) is 5.92. The number of unbranched alkanes of at least 4 members (excludes halogenated alkanes) is 1. The monoisotopic (exact) mass is 256 g/mol. The van der Waals surface area contributed by atoms with Gasteiger partial charge in [-0.2, -0.15) is 0 Å². The molecule has 1 rings (SSSR count). The Hall–Kier alpha value is -0.570. The van der Waals surface area contributed by atoms with Gasteiger partial charge in [0.2, 0.25) is 0 Å². The molecule has 0 amide bonds. The minimum absolute atomic E-state index is 0.0355. The van der Waals surface area contributed by atoms with Crippen molar-refractivity contribution in [2.45, 2.75) is 71.3 Å². The Bertz CT molecular complexity index is 254. The number of carboxylic acid groups (broad SMARTS) is 1. The number of carbonyl (C=O) groups is 1. The van der Waals surface area contributed by atoms with Crippen LogP contribution in [0.2, 0.25) is 0 Å². The van der Waals surface area contributed by atoms with Gasteiger partial charge in [0.15, 0.2) is 0 Å². The minimum Gasteiger partial charge on any atom is -0.481 e. The number of methoxy groups -OCH3 is 1. The van der Waals surface area contributed by atoms with Crippen molar-refractivity contribution in [2.75, 3.05) is 7.11 Å². The molecule has 0 saturated heterocycles. The maximum absolute atomic E-state index is 11.6. The summed E-state index contributed by atoms with van der Waals surface area (Å²) in [6.07, 6.45) is 8.26. The van der Waals surface area contributed by atoms with Crippen LogP contribution in [0.15, 0.2) is 0 Å². The van der Waals surface area contributed by atoms with Crippen molar-refractivity contribution in [1.29, 1.82) is 0 Å². The van der Waals surface area contributed by atoms with Crippen molar-refractivity contribution in [3.63, 3.8) is 0 Å². The van der Waals surface area contributed by atoms with Crippen molar-refractivity contribution in [2.24, 2.45) is 11.3 Å². The van der Waals surface area contributed by atoms with Crippen LogP contribution in [0.4, 0.5) is 0 Å². The Morgan fingerprint density at radius 2 is 2.06 bits per heavy atom. The highest BCUT2D eigenvalue weighted by Gasteiger charge is 2.42. The van der Waals surface area contributed by atoms with E-state index in [0.717, 1.165) is 31.6 Å². The largest absolute Gasteiger partial charge is 0.481 e. The SMILES string of the molecule is CCCCC1CCC(CC(C)OC)(C(=O)O)CC1. The van der Waals surface area contributed by atoms with Crippen molar-refractivity contribution in [1.82, 2.24) is 0 Å². The van der Waals surface area contributed by atoms with Gasteiger partial charge in [0.05, 0.1) is 11.5 Å². The van der Waals surface area contributed by atoms with E-state index in [1.165, 1.54) is 19.3 Å². The molecule has 1 saturated carbocycles. The summed E-state index contributed by atoms with van der Waals surface area (Å²) in [6.45, 7) is 4.18. The van der Waals surface area contributed by atoms with Gasteiger partial charge < -0.3 is 9.84 Å². The molecule has 0 spiro atoms. The third-order valence-corrected chi connectivity index (χ3v) is 4.56. The third kappa shape index (κ3) is 3.98. The standard InChI is InChI=1S/C15H28O3/c1-4-5-6-13-7-9-15(10-8-13,14(16)17)11-12(2)18-3/h12-13H,4-11H2,1-3H3,(H,16,17). The number of rotatable bonds is 7. The van der Waals surface area contributed by atoms with E-state index in [1.54, 1.807) is 7.11 Å². The molecule has 0 aromatic carbocycles. The van der Waals surface area contributed by atoms with Crippen LogP contribution in [0, 0.1) is 11.3 Å². The lowest BCUT2D eigenvalue weighted by atomic mass is 9.67. The lowest BCUT2D eigenvalue weighted by molar-refractivity contribution is -0.154. The molecule has 1 aliphatic carbocycles. The van der Waals surface area contributed by atoms with Gasteiger partial charge >= 0.3 is 5.97 Å². The van der Waals surface area contributed by atoms with Gasteiger partial charge in [-0.15, -0.1) is 0 Å². The average Bonchev–Trinajstić information content (AvgIpc) is 2.37. The predicted molar refractivity (Wildman–Crippen MR) is 72.6 cm³/mol. The first-order valence-electron chi connectivity index (χ1n) is 7.30. The van der Waals surface area contributed by atoms with E-state index in [1.807, 2.05) is 6.92 Å². The maximum atomic E-state index is 11.6. The summed E-state index contributed by atoms with van der Waals surface area (Å²) in [6, 6.07) is 0. The maximum Gasteiger partial charge on any atom is 0.309 e. The molecule has 1 unspecified atom stereocenters. The zero-order chi connectivity index (χ0) is 13.6. The Morgan fingerprint density at radius 1 is 1.44 bits per heavy atom. The second kappa shape index (κ2) is 7.13. The molecule has 0 radical (unpaired) electrons. The van der Waals surface area contributed by atoms with Crippen LogP contribution in [0.5, 0.6) is 0 Å². The van der Waals surface area contributed by atoms with Crippen LogP contribution < -0.4 is 0 Å². The van der Waals surface area contributed by atoms with Crippen molar-refractivity contribution in [3.8, 4) is 0 Å².